The van der Waals surface area contributed by atoms with E-state index in [-0.39, 0.29) is 11.8 Å². The van der Waals surface area contributed by atoms with Crippen LogP contribution in [0.1, 0.15) is 38.3 Å². The number of carbonyl (C=O) groups excluding carboxylic acids is 1. The molecule has 2 aromatic rings. The van der Waals surface area contributed by atoms with Gasteiger partial charge in [-0.3, -0.25) is 4.79 Å². The van der Waals surface area contributed by atoms with Crippen molar-refractivity contribution in [2.45, 2.75) is 39.4 Å². The van der Waals surface area contributed by atoms with E-state index in [0.717, 1.165) is 11.1 Å². The fourth-order valence-corrected chi connectivity index (χ4v) is 4.13. The first-order chi connectivity index (χ1) is 16.8. The molecule has 188 valence electrons. The van der Waals surface area contributed by atoms with Crippen molar-refractivity contribution in [2.75, 3.05) is 28.4 Å². The van der Waals surface area contributed by atoms with Gasteiger partial charge in [0.05, 0.1) is 34.5 Å². The van der Waals surface area contributed by atoms with Crippen molar-refractivity contribution in [1.82, 2.24) is 0 Å². The number of rotatable bonds is 9. The molecular weight excluding hydrogens is 454 g/mol. The van der Waals surface area contributed by atoms with Gasteiger partial charge < -0.3 is 33.6 Å². The molecule has 9 heteroatoms. The average molecular weight is 486 g/mol. The zero-order valence-electron chi connectivity index (χ0n) is 21.0. The molecule has 0 radical (unpaired) electrons. The summed E-state index contributed by atoms with van der Waals surface area (Å²) in [5.74, 6) is 1.95. The fraction of sp³-hybridized carbons (Fsp3) is 0.385. The van der Waals surface area contributed by atoms with Gasteiger partial charge in [-0.15, -0.1) is 0 Å². The third-order valence-corrected chi connectivity index (χ3v) is 5.50. The number of hydrogen-bond donors (Lipinski definition) is 1. The van der Waals surface area contributed by atoms with Crippen molar-refractivity contribution in [3.8, 4) is 28.7 Å². The Morgan fingerprint density at radius 3 is 2.00 bits per heavy atom. The predicted molar refractivity (Wildman–Crippen MR) is 131 cm³/mol. The molecule has 0 saturated carbocycles. The summed E-state index contributed by atoms with van der Waals surface area (Å²) in [5.41, 5.74) is 3.01. The van der Waals surface area contributed by atoms with Crippen molar-refractivity contribution < 1.29 is 38.4 Å². The van der Waals surface area contributed by atoms with Crippen LogP contribution >= 0.6 is 0 Å². The highest BCUT2D eigenvalue weighted by atomic mass is 16.5. The van der Waals surface area contributed by atoms with Crippen molar-refractivity contribution in [1.29, 1.82) is 0 Å². The Labute approximate surface area is 204 Å². The molecule has 1 aliphatic rings. The minimum absolute atomic E-state index is 0.0744. The molecule has 0 fully saturated rings. The molecule has 3 rings (SSSR count). The molecule has 1 unspecified atom stereocenters. The van der Waals surface area contributed by atoms with Crippen molar-refractivity contribution in [3.05, 3.63) is 41.5 Å². The largest absolute Gasteiger partial charge is 0.493 e. The summed E-state index contributed by atoms with van der Waals surface area (Å²) in [4.78, 5) is 11.8. The number of ether oxygens (including phenoxy) is 6. The maximum absolute atomic E-state index is 11.8. The van der Waals surface area contributed by atoms with Gasteiger partial charge >= 0.3 is 5.97 Å². The number of carbonyl (C=O) groups is 1. The zero-order chi connectivity index (χ0) is 25.7. The SMILES string of the molecule is COc1ccc(C2=C(c3cc(OC)c(OC)c(OC)c3)/C(=N/O)C(OC(C)=O)C2)cc1OC(C)C. The van der Waals surface area contributed by atoms with Gasteiger partial charge in [0.15, 0.2) is 29.1 Å². The summed E-state index contributed by atoms with van der Waals surface area (Å²) in [5, 5.41) is 13.5. The van der Waals surface area contributed by atoms with Crippen molar-refractivity contribution in [2.24, 2.45) is 5.16 Å². The third kappa shape index (κ3) is 5.29. The number of esters is 1. The van der Waals surface area contributed by atoms with Crippen LogP contribution in [0.2, 0.25) is 0 Å². The van der Waals surface area contributed by atoms with Crippen LogP contribution in [0.5, 0.6) is 28.7 Å². The molecule has 0 spiro atoms. The number of oxime groups is 1. The topological polar surface area (TPSA) is 105 Å². The van der Waals surface area contributed by atoms with Crippen LogP contribution in [0.25, 0.3) is 11.1 Å². The van der Waals surface area contributed by atoms with Gasteiger partial charge in [0.25, 0.3) is 0 Å². The standard InChI is InChI=1S/C26H31NO8/c1-14(2)34-20-10-16(8-9-19(20)30-4)18-13-21(35-15(3)28)25(27-29)24(18)17-11-22(31-5)26(33-7)23(12-17)32-6/h8-12,14,21,29H,13H2,1-7H3/b27-25+. The average Bonchev–Trinajstić information content (AvgIpc) is 3.19. The summed E-state index contributed by atoms with van der Waals surface area (Å²) in [6.45, 7) is 5.17. The Bertz CT molecular complexity index is 1130. The fourth-order valence-electron chi connectivity index (χ4n) is 4.13. The molecule has 0 amide bonds. The summed E-state index contributed by atoms with van der Waals surface area (Å²) < 4.78 is 33.4. The van der Waals surface area contributed by atoms with Gasteiger partial charge in [-0.05, 0) is 54.8 Å². The maximum Gasteiger partial charge on any atom is 0.303 e. The Morgan fingerprint density at radius 1 is 0.914 bits per heavy atom. The van der Waals surface area contributed by atoms with E-state index in [1.807, 2.05) is 32.0 Å². The molecule has 1 N–H and O–H groups in total. The van der Waals surface area contributed by atoms with Crippen LogP contribution < -0.4 is 23.7 Å². The second-order valence-electron chi connectivity index (χ2n) is 8.09. The van der Waals surface area contributed by atoms with Crippen LogP contribution in [0.15, 0.2) is 35.5 Å². The van der Waals surface area contributed by atoms with Gasteiger partial charge in [-0.2, -0.15) is 0 Å². The molecule has 0 saturated heterocycles. The van der Waals surface area contributed by atoms with E-state index in [1.165, 1.54) is 28.3 Å². The van der Waals surface area contributed by atoms with Crippen LogP contribution in [-0.4, -0.2) is 57.5 Å². The van der Waals surface area contributed by atoms with Crippen LogP contribution in [0.3, 0.4) is 0 Å². The first-order valence-electron chi connectivity index (χ1n) is 11.1. The van der Waals surface area contributed by atoms with E-state index < -0.39 is 12.1 Å². The van der Waals surface area contributed by atoms with E-state index >= 15 is 0 Å². The molecule has 2 aromatic carbocycles. The van der Waals surface area contributed by atoms with Gasteiger partial charge in [-0.1, -0.05) is 11.2 Å². The van der Waals surface area contributed by atoms with Crippen molar-refractivity contribution >= 4 is 22.8 Å². The lowest BCUT2D eigenvalue weighted by molar-refractivity contribution is -0.143. The quantitative estimate of drug-likeness (QED) is 0.313. The zero-order valence-corrected chi connectivity index (χ0v) is 21.0. The lowest BCUT2D eigenvalue weighted by Crippen LogP contribution is -2.23. The molecule has 35 heavy (non-hydrogen) atoms. The summed E-state index contributed by atoms with van der Waals surface area (Å²) >= 11 is 0. The maximum atomic E-state index is 11.8. The van der Waals surface area contributed by atoms with E-state index in [2.05, 4.69) is 5.16 Å². The second-order valence-corrected chi connectivity index (χ2v) is 8.09. The molecule has 0 bridgehead atoms. The molecule has 1 aliphatic carbocycles. The summed E-state index contributed by atoms with van der Waals surface area (Å²) in [6, 6.07) is 9.06. The number of nitrogens with zero attached hydrogens (tertiary/aromatic N) is 1. The Kier molecular flexibility index (Phi) is 8.11. The Hall–Kier alpha value is -3.88. The first-order valence-corrected chi connectivity index (χ1v) is 11.1. The Balaban J connectivity index is 2.29. The smallest absolute Gasteiger partial charge is 0.303 e. The van der Waals surface area contributed by atoms with E-state index in [4.69, 9.17) is 28.4 Å². The van der Waals surface area contributed by atoms with Gasteiger partial charge in [0, 0.05) is 18.9 Å². The second kappa shape index (κ2) is 11.0. The summed E-state index contributed by atoms with van der Waals surface area (Å²) in [7, 11) is 6.14. The minimum atomic E-state index is -0.779. The number of benzene rings is 2. The molecule has 0 aliphatic heterocycles. The monoisotopic (exact) mass is 485 g/mol. The summed E-state index contributed by atoms with van der Waals surface area (Å²) in [6.07, 6.45) is -0.564. The van der Waals surface area contributed by atoms with Crippen molar-refractivity contribution in [3.63, 3.8) is 0 Å². The van der Waals surface area contributed by atoms with Crippen LogP contribution in [0.4, 0.5) is 0 Å². The third-order valence-electron chi connectivity index (χ3n) is 5.50. The van der Waals surface area contributed by atoms with E-state index in [0.29, 0.717) is 46.3 Å². The molecule has 9 nitrogen and oxygen atoms in total. The van der Waals surface area contributed by atoms with Crippen LogP contribution in [0, 0.1) is 0 Å². The van der Waals surface area contributed by atoms with Gasteiger partial charge in [0.1, 0.15) is 5.71 Å². The van der Waals surface area contributed by atoms with Crippen LogP contribution in [-0.2, 0) is 9.53 Å². The highest BCUT2D eigenvalue weighted by Crippen LogP contribution is 2.46. The molecule has 1 atom stereocenters. The van der Waals surface area contributed by atoms with Gasteiger partial charge in [-0.25, -0.2) is 0 Å². The van der Waals surface area contributed by atoms with Gasteiger partial charge in [0.2, 0.25) is 5.75 Å². The molecule has 0 aromatic heterocycles. The lowest BCUT2D eigenvalue weighted by atomic mass is 9.95. The van der Waals surface area contributed by atoms with E-state index in [9.17, 15) is 10.0 Å². The number of methoxy groups -OCH3 is 4. The highest BCUT2D eigenvalue weighted by molar-refractivity contribution is 6.35. The van der Waals surface area contributed by atoms with E-state index in [1.54, 1.807) is 19.2 Å². The molecule has 0 heterocycles. The number of hydrogen-bond acceptors (Lipinski definition) is 9. The predicted octanol–water partition coefficient (Wildman–Crippen LogP) is 4.58. The lowest BCUT2D eigenvalue weighted by Gasteiger charge is -2.17. The normalized spacial score (nSPS) is 16.5. The Morgan fingerprint density at radius 2 is 1.51 bits per heavy atom. The highest BCUT2D eigenvalue weighted by Gasteiger charge is 2.36. The first kappa shape index (κ1) is 25.7. The minimum Gasteiger partial charge on any atom is -0.493 e. The molecular formula is C26H31NO8.